The third kappa shape index (κ3) is 98.7. The summed E-state index contributed by atoms with van der Waals surface area (Å²) in [6.07, 6.45) is 0. The Morgan fingerprint density at radius 3 is 1.14 bits per heavy atom. The smallest absolute Gasteiger partial charge is 0.822 e. The standard InChI is InChI=1S/Al.H3O4P.Zr/c;1-5(2,3)4;/h;(H3,1,2,3,4);/q+3;;+4/p-3. The molecule has 0 spiro atoms. The van der Waals surface area contributed by atoms with Gasteiger partial charge >= 0.3 is 43.6 Å². The minimum Gasteiger partial charge on any atom is -0.822 e. The van der Waals surface area contributed by atoms with Gasteiger partial charge in [-0.3, -0.25) is 0 Å². The van der Waals surface area contributed by atoms with Crippen LogP contribution in [0.25, 0.3) is 0 Å². The Hall–Kier alpha value is 1.53. The monoisotopic (exact) mass is 212 g/mol. The summed E-state index contributed by atoms with van der Waals surface area (Å²) in [4.78, 5) is 25.6. The van der Waals surface area contributed by atoms with Crippen LogP contribution in [0.2, 0.25) is 0 Å². The summed E-state index contributed by atoms with van der Waals surface area (Å²) in [5.74, 6) is 0. The Bertz CT molecular complexity index is 57.8. The van der Waals surface area contributed by atoms with Gasteiger partial charge in [0.25, 0.3) is 0 Å². The molecule has 0 heterocycles. The maximum absolute atomic E-state index is 8.55. The van der Waals surface area contributed by atoms with Crippen LogP contribution in [0, 0.1) is 0 Å². The van der Waals surface area contributed by atoms with E-state index >= 15 is 0 Å². The molecule has 7 heavy (non-hydrogen) atoms. The maximum atomic E-state index is 8.55. The second-order valence-corrected chi connectivity index (χ2v) is 1.34. The van der Waals surface area contributed by atoms with Gasteiger partial charge < -0.3 is 19.2 Å². The van der Waals surface area contributed by atoms with Crippen molar-refractivity contribution in [3.63, 3.8) is 0 Å². The van der Waals surface area contributed by atoms with E-state index in [4.69, 9.17) is 19.2 Å². The van der Waals surface area contributed by atoms with Crippen LogP contribution in [0.5, 0.6) is 0 Å². The molecule has 0 aliphatic rings. The predicted octanol–water partition coefficient (Wildman–Crippen LogP) is -3.21. The second kappa shape index (κ2) is 5.66. The average molecular weight is 213 g/mol. The molecule has 0 unspecified atom stereocenters. The van der Waals surface area contributed by atoms with Crippen LogP contribution < -0.4 is 14.7 Å². The van der Waals surface area contributed by atoms with Crippen molar-refractivity contribution in [2.45, 2.75) is 0 Å². The second-order valence-electron chi connectivity index (χ2n) is 0.447. The maximum Gasteiger partial charge on any atom is 4.00 e. The molecule has 0 radical (unpaired) electrons. The van der Waals surface area contributed by atoms with Crippen molar-refractivity contribution in [3.8, 4) is 0 Å². The van der Waals surface area contributed by atoms with Crippen molar-refractivity contribution in [2.75, 3.05) is 0 Å². The largest absolute Gasteiger partial charge is 4.00 e. The fourth-order valence-electron chi connectivity index (χ4n) is 0. The molecule has 0 atom stereocenters. The van der Waals surface area contributed by atoms with Gasteiger partial charge in [0.15, 0.2) is 0 Å². The van der Waals surface area contributed by atoms with E-state index in [0.29, 0.717) is 0 Å². The van der Waals surface area contributed by atoms with Crippen molar-refractivity contribution >= 4 is 25.2 Å². The van der Waals surface area contributed by atoms with Gasteiger partial charge in [-0.2, -0.15) is 7.82 Å². The van der Waals surface area contributed by atoms with E-state index in [0.717, 1.165) is 0 Å². The minimum atomic E-state index is -5.39. The van der Waals surface area contributed by atoms with Gasteiger partial charge in [0.05, 0.1) is 0 Å². The topological polar surface area (TPSA) is 86.2 Å². The van der Waals surface area contributed by atoms with Gasteiger partial charge in [-0.15, -0.1) is 0 Å². The van der Waals surface area contributed by atoms with Crippen molar-refractivity contribution in [1.29, 1.82) is 0 Å². The van der Waals surface area contributed by atoms with Gasteiger partial charge in [-0.25, -0.2) is 0 Å². The van der Waals surface area contributed by atoms with Crippen LogP contribution in [0.4, 0.5) is 0 Å². The predicted molar refractivity (Wildman–Crippen MR) is 13.4 cm³/mol. The first-order valence-electron chi connectivity index (χ1n) is 0.730. The summed E-state index contributed by atoms with van der Waals surface area (Å²) < 4.78 is 8.55. The fourth-order valence-corrected chi connectivity index (χ4v) is 0. The Morgan fingerprint density at radius 1 is 1.14 bits per heavy atom. The zero-order chi connectivity index (χ0) is 4.50. The first-order chi connectivity index (χ1) is 2.00. The Morgan fingerprint density at radius 2 is 1.14 bits per heavy atom. The molecule has 32 valence electrons. The van der Waals surface area contributed by atoms with Crippen LogP contribution in [0.3, 0.4) is 0 Å². The molecular weight excluding hydrogens is 213 g/mol. The summed E-state index contributed by atoms with van der Waals surface area (Å²) in [7, 11) is -5.39. The SMILES string of the molecule is O=P([O-])([O-])[O-].[Al+3].[Zr+4]. The van der Waals surface area contributed by atoms with E-state index in [1.165, 1.54) is 0 Å². The molecular formula is AlO4PZr+4. The summed E-state index contributed by atoms with van der Waals surface area (Å²) in [5, 5.41) is 0. The third-order valence-corrected chi connectivity index (χ3v) is 0. The Labute approximate surface area is 70.4 Å². The normalized spacial score (nSPS) is 8.43. The molecule has 4 nitrogen and oxygen atoms in total. The molecule has 0 aromatic heterocycles. The van der Waals surface area contributed by atoms with E-state index in [1.54, 1.807) is 0 Å². The van der Waals surface area contributed by atoms with E-state index in [1.807, 2.05) is 0 Å². The van der Waals surface area contributed by atoms with Gasteiger partial charge in [0, 0.05) is 0 Å². The molecule has 0 bridgehead atoms. The molecule has 0 aliphatic carbocycles. The quantitative estimate of drug-likeness (QED) is 0.313. The Kier molecular flexibility index (Phi) is 12.8. The van der Waals surface area contributed by atoms with Crippen molar-refractivity contribution in [2.24, 2.45) is 0 Å². The zero-order valence-corrected chi connectivity index (χ0v) is 7.66. The van der Waals surface area contributed by atoms with Gasteiger partial charge in [-0.1, -0.05) is 0 Å². The molecule has 0 aromatic rings. The summed E-state index contributed by atoms with van der Waals surface area (Å²) in [6.45, 7) is 0. The fraction of sp³-hybridized carbons (Fsp3) is 0. The minimum absolute atomic E-state index is 0. The number of hydrogen-bond donors (Lipinski definition) is 0. The van der Waals surface area contributed by atoms with Crippen molar-refractivity contribution in [3.05, 3.63) is 0 Å². The summed E-state index contributed by atoms with van der Waals surface area (Å²) >= 11 is 0. The van der Waals surface area contributed by atoms with Crippen LogP contribution >= 0.6 is 7.82 Å². The van der Waals surface area contributed by atoms with E-state index in [-0.39, 0.29) is 43.6 Å². The number of phosphoric acid groups is 1. The van der Waals surface area contributed by atoms with Gasteiger partial charge in [-0.05, 0) is 0 Å². The molecule has 0 aromatic carbocycles. The average Bonchev–Trinajstić information content (AvgIpc) is 0.722. The summed E-state index contributed by atoms with van der Waals surface area (Å²) in [5.41, 5.74) is 0. The molecule has 0 fully saturated rings. The molecule has 0 saturated heterocycles. The van der Waals surface area contributed by atoms with E-state index in [9.17, 15) is 0 Å². The molecule has 0 aliphatic heterocycles. The van der Waals surface area contributed by atoms with Crippen LogP contribution in [-0.2, 0) is 30.8 Å². The molecule has 0 amide bonds. The van der Waals surface area contributed by atoms with Crippen LogP contribution in [0.1, 0.15) is 0 Å². The van der Waals surface area contributed by atoms with Crippen LogP contribution in [-0.4, -0.2) is 17.4 Å². The zero-order valence-electron chi connectivity index (χ0n) is 3.16. The number of hydrogen-bond acceptors (Lipinski definition) is 4. The van der Waals surface area contributed by atoms with Crippen molar-refractivity contribution < 1.29 is 45.4 Å². The van der Waals surface area contributed by atoms with Gasteiger partial charge in [0.2, 0.25) is 0 Å². The van der Waals surface area contributed by atoms with Gasteiger partial charge in [0.1, 0.15) is 0 Å². The molecule has 0 rings (SSSR count). The van der Waals surface area contributed by atoms with E-state index in [2.05, 4.69) is 0 Å². The first-order valence-corrected chi connectivity index (χ1v) is 2.19. The Balaban J connectivity index is -0.0000000800. The molecule has 0 N–H and O–H groups in total. The molecule has 7 heteroatoms. The summed E-state index contributed by atoms with van der Waals surface area (Å²) in [6, 6.07) is 0. The first kappa shape index (κ1) is 15.8. The number of rotatable bonds is 0. The molecule has 0 saturated carbocycles. The van der Waals surface area contributed by atoms with Crippen molar-refractivity contribution in [1.82, 2.24) is 0 Å². The van der Waals surface area contributed by atoms with Crippen LogP contribution in [0.15, 0.2) is 0 Å². The van der Waals surface area contributed by atoms with E-state index < -0.39 is 7.82 Å². The third-order valence-electron chi connectivity index (χ3n) is 0.